The van der Waals surface area contributed by atoms with Crippen molar-refractivity contribution < 1.29 is 0 Å². The van der Waals surface area contributed by atoms with E-state index in [4.69, 9.17) is 0 Å². The van der Waals surface area contributed by atoms with Crippen molar-refractivity contribution in [3.8, 4) is 0 Å². The van der Waals surface area contributed by atoms with E-state index in [1.54, 1.807) is 0 Å². The van der Waals surface area contributed by atoms with Crippen LogP contribution in [0.4, 0.5) is 0 Å². The molecule has 1 aliphatic rings. The predicted molar refractivity (Wildman–Crippen MR) is 28.0 cm³/mol. The van der Waals surface area contributed by atoms with Gasteiger partial charge in [0, 0.05) is 0 Å². The SMILES string of the molecule is C[C@H]1CC[C@H]1N=O. The molecule has 0 heterocycles. The van der Waals surface area contributed by atoms with Gasteiger partial charge in [-0.2, -0.15) is 4.91 Å². The third-order valence-electron chi connectivity index (χ3n) is 1.71. The number of nitroso groups, excluding NO2 is 1. The lowest BCUT2D eigenvalue weighted by atomic mass is 9.82. The molecule has 1 aliphatic carbocycles. The standard InChI is InChI=1S/C5H9NO/c1-4-2-3-5(4)6-7/h4-5H,2-3H2,1H3/t4-,5+/m0/s1. The predicted octanol–water partition coefficient (Wildman–Crippen LogP) is 1.55. The molecule has 0 spiro atoms. The Kier molecular flexibility index (Phi) is 1.09. The minimum absolute atomic E-state index is 0.153. The van der Waals surface area contributed by atoms with Crippen LogP contribution in [-0.2, 0) is 0 Å². The summed E-state index contributed by atoms with van der Waals surface area (Å²) in [5, 5.41) is 2.92. The van der Waals surface area contributed by atoms with Crippen LogP contribution in [0.5, 0.6) is 0 Å². The van der Waals surface area contributed by atoms with Gasteiger partial charge in [-0.15, -0.1) is 0 Å². The van der Waals surface area contributed by atoms with Gasteiger partial charge in [0.05, 0.1) is 6.04 Å². The van der Waals surface area contributed by atoms with Gasteiger partial charge >= 0.3 is 0 Å². The first-order valence-corrected chi connectivity index (χ1v) is 2.67. The van der Waals surface area contributed by atoms with Crippen molar-refractivity contribution in [3.05, 3.63) is 4.91 Å². The highest BCUT2D eigenvalue weighted by molar-refractivity contribution is 4.82. The molecule has 0 amide bonds. The molecule has 0 aromatic carbocycles. The first-order chi connectivity index (χ1) is 3.34. The molecule has 0 saturated heterocycles. The van der Waals surface area contributed by atoms with Gasteiger partial charge < -0.3 is 0 Å². The highest BCUT2D eigenvalue weighted by Crippen LogP contribution is 2.28. The van der Waals surface area contributed by atoms with Gasteiger partial charge in [0.1, 0.15) is 0 Å². The van der Waals surface area contributed by atoms with Gasteiger partial charge in [0.15, 0.2) is 0 Å². The molecule has 0 unspecified atom stereocenters. The van der Waals surface area contributed by atoms with Crippen LogP contribution in [0.25, 0.3) is 0 Å². The van der Waals surface area contributed by atoms with Crippen molar-refractivity contribution in [3.63, 3.8) is 0 Å². The monoisotopic (exact) mass is 99.1 g/mol. The zero-order valence-electron chi connectivity index (χ0n) is 4.42. The van der Waals surface area contributed by atoms with Crippen LogP contribution >= 0.6 is 0 Å². The van der Waals surface area contributed by atoms with E-state index in [-0.39, 0.29) is 6.04 Å². The summed E-state index contributed by atoms with van der Waals surface area (Å²) in [6, 6.07) is 0.153. The summed E-state index contributed by atoms with van der Waals surface area (Å²) in [4.78, 5) is 9.75. The number of hydrogen-bond acceptors (Lipinski definition) is 2. The fourth-order valence-corrected chi connectivity index (χ4v) is 0.806. The summed E-state index contributed by atoms with van der Waals surface area (Å²) in [5.74, 6) is 0.567. The Morgan fingerprint density at radius 2 is 2.29 bits per heavy atom. The highest BCUT2D eigenvalue weighted by atomic mass is 16.3. The average molecular weight is 99.1 g/mol. The summed E-state index contributed by atoms with van der Waals surface area (Å²) >= 11 is 0. The molecule has 0 N–H and O–H groups in total. The van der Waals surface area contributed by atoms with Gasteiger partial charge in [-0.25, -0.2) is 0 Å². The highest BCUT2D eigenvalue weighted by Gasteiger charge is 2.26. The third kappa shape index (κ3) is 0.646. The first kappa shape index (κ1) is 4.75. The minimum atomic E-state index is 0.153. The van der Waals surface area contributed by atoms with E-state index in [9.17, 15) is 4.91 Å². The van der Waals surface area contributed by atoms with Crippen LogP contribution in [0.1, 0.15) is 19.8 Å². The molecule has 1 saturated carbocycles. The zero-order chi connectivity index (χ0) is 5.28. The summed E-state index contributed by atoms with van der Waals surface area (Å²) in [5.41, 5.74) is 0. The number of nitrogens with zero attached hydrogens (tertiary/aromatic N) is 1. The normalized spacial score (nSPS) is 39.6. The van der Waals surface area contributed by atoms with E-state index in [2.05, 4.69) is 12.1 Å². The maximum atomic E-state index is 9.75. The Morgan fingerprint density at radius 1 is 1.57 bits per heavy atom. The quantitative estimate of drug-likeness (QED) is 0.458. The van der Waals surface area contributed by atoms with Gasteiger partial charge in [-0.05, 0) is 18.8 Å². The summed E-state index contributed by atoms with van der Waals surface area (Å²) in [6.07, 6.45) is 2.21. The Morgan fingerprint density at radius 3 is 2.29 bits per heavy atom. The van der Waals surface area contributed by atoms with Crippen LogP contribution in [0.15, 0.2) is 5.18 Å². The van der Waals surface area contributed by atoms with Crippen molar-refractivity contribution >= 4 is 0 Å². The van der Waals surface area contributed by atoms with Crippen molar-refractivity contribution in [2.24, 2.45) is 11.1 Å². The lowest BCUT2D eigenvalue weighted by Gasteiger charge is -2.26. The molecule has 0 aromatic rings. The molecule has 0 aliphatic heterocycles. The topological polar surface area (TPSA) is 29.4 Å². The van der Waals surface area contributed by atoms with E-state index >= 15 is 0 Å². The van der Waals surface area contributed by atoms with Crippen LogP contribution in [0.3, 0.4) is 0 Å². The van der Waals surface area contributed by atoms with Gasteiger partial charge in [0.2, 0.25) is 0 Å². The maximum Gasteiger partial charge on any atom is 0.0945 e. The Bertz CT molecular complexity index is 82.1. The molecule has 0 radical (unpaired) electrons. The van der Waals surface area contributed by atoms with Gasteiger partial charge in [-0.1, -0.05) is 12.1 Å². The number of hydrogen-bond donors (Lipinski definition) is 0. The molecular formula is C5H9NO. The van der Waals surface area contributed by atoms with Crippen molar-refractivity contribution in [1.29, 1.82) is 0 Å². The second-order valence-electron chi connectivity index (χ2n) is 2.23. The molecule has 7 heavy (non-hydrogen) atoms. The molecule has 2 atom stereocenters. The van der Waals surface area contributed by atoms with Crippen LogP contribution < -0.4 is 0 Å². The molecule has 1 rings (SSSR count). The number of rotatable bonds is 1. The van der Waals surface area contributed by atoms with E-state index in [0.29, 0.717) is 5.92 Å². The molecule has 2 nitrogen and oxygen atoms in total. The first-order valence-electron chi connectivity index (χ1n) is 2.67. The smallest absolute Gasteiger partial charge is 0.0945 e. The molecule has 2 heteroatoms. The van der Waals surface area contributed by atoms with E-state index in [0.717, 1.165) is 6.42 Å². The Balaban J connectivity index is 2.28. The Hall–Kier alpha value is -0.400. The van der Waals surface area contributed by atoms with Crippen LogP contribution in [-0.4, -0.2) is 6.04 Å². The zero-order valence-corrected chi connectivity index (χ0v) is 4.42. The van der Waals surface area contributed by atoms with E-state index < -0.39 is 0 Å². The van der Waals surface area contributed by atoms with Crippen molar-refractivity contribution in [1.82, 2.24) is 0 Å². The molecule has 1 fully saturated rings. The fourth-order valence-electron chi connectivity index (χ4n) is 0.806. The van der Waals surface area contributed by atoms with Crippen LogP contribution in [0.2, 0.25) is 0 Å². The van der Waals surface area contributed by atoms with Crippen molar-refractivity contribution in [2.45, 2.75) is 25.8 Å². The van der Waals surface area contributed by atoms with E-state index in [1.807, 2.05) is 0 Å². The molecular weight excluding hydrogens is 90.1 g/mol. The summed E-state index contributed by atoms with van der Waals surface area (Å²) in [7, 11) is 0. The van der Waals surface area contributed by atoms with Gasteiger partial charge in [0.25, 0.3) is 0 Å². The Labute approximate surface area is 42.9 Å². The largest absolute Gasteiger partial charge is 0.151 e. The second kappa shape index (κ2) is 1.60. The lowest BCUT2D eigenvalue weighted by molar-refractivity contribution is 0.282. The fraction of sp³-hybridized carbons (Fsp3) is 1.00. The average Bonchev–Trinajstić information content (AvgIpc) is 1.65. The minimum Gasteiger partial charge on any atom is -0.151 e. The molecule has 0 aromatic heterocycles. The van der Waals surface area contributed by atoms with Crippen LogP contribution in [0, 0.1) is 10.8 Å². The molecule has 40 valence electrons. The van der Waals surface area contributed by atoms with E-state index in [1.165, 1.54) is 6.42 Å². The third-order valence-corrected chi connectivity index (χ3v) is 1.71. The lowest BCUT2D eigenvalue weighted by Crippen LogP contribution is -2.25. The maximum absolute atomic E-state index is 9.75. The summed E-state index contributed by atoms with van der Waals surface area (Å²) < 4.78 is 0. The second-order valence-corrected chi connectivity index (χ2v) is 2.23. The molecule has 0 bridgehead atoms. The van der Waals surface area contributed by atoms with Gasteiger partial charge in [-0.3, -0.25) is 0 Å². The van der Waals surface area contributed by atoms with Crippen molar-refractivity contribution in [2.75, 3.05) is 0 Å². The summed E-state index contributed by atoms with van der Waals surface area (Å²) in [6.45, 7) is 2.07.